The molecule has 0 fully saturated rings. The minimum atomic E-state index is -1.13. The summed E-state index contributed by atoms with van der Waals surface area (Å²) in [6, 6.07) is 12.8. The predicted molar refractivity (Wildman–Crippen MR) is 92.1 cm³/mol. The van der Waals surface area contributed by atoms with Crippen LogP contribution in [-0.2, 0) is 6.42 Å². The fourth-order valence-electron chi connectivity index (χ4n) is 2.43. The number of aromatic carboxylic acids is 2. The number of carboxylic acids is 2. The van der Waals surface area contributed by atoms with E-state index >= 15 is 0 Å². The van der Waals surface area contributed by atoms with E-state index in [1.54, 1.807) is 36.4 Å². The van der Waals surface area contributed by atoms with Gasteiger partial charge in [-0.2, -0.15) is 0 Å². The molecular formula is C19H19NO5. The second-order valence-corrected chi connectivity index (χ2v) is 5.57. The number of carbonyl (C=O) groups is 3. The van der Waals surface area contributed by atoms with Crippen molar-refractivity contribution < 1.29 is 24.6 Å². The zero-order valence-electron chi connectivity index (χ0n) is 13.6. The summed E-state index contributed by atoms with van der Waals surface area (Å²) in [6.07, 6.45) is 2.34. The lowest BCUT2D eigenvalue weighted by molar-refractivity contribution is 0.0684. The number of amides is 1. The van der Waals surface area contributed by atoms with Gasteiger partial charge in [-0.1, -0.05) is 24.3 Å². The summed E-state index contributed by atoms with van der Waals surface area (Å²) in [5, 5.41) is 20.7. The Balaban J connectivity index is 1.77. The topological polar surface area (TPSA) is 104 Å². The van der Waals surface area contributed by atoms with Crippen molar-refractivity contribution in [2.24, 2.45) is 0 Å². The van der Waals surface area contributed by atoms with Crippen molar-refractivity contribution in [1.82, 2.24) is 5.32 Å². The molecule has 0 aliphatic carbocycles. The molecule has 3 N–H and O–H groups in total. The molecule has 0 aliphatic heterocycles. The predicted octanol–water partition coefficient (Wildman–Crippen LogP) is 2.84. The lowest BCUT2D eigenvalue weighted by atomic mass is 10.1. The smallest absolute Gasteiger partial charge is 0.336 e. The summed E-state index contributed by atoms with van der Waals surface area (Å²) in [4.78, 5) is 34.0. The Hall–Kier alpha value is -3.15. The van der Waals surface area contributed by atoms with Crippen molar-refractivity contribution in [2.75, 3.05) is 6.54 Å². The molecule has 6 heteroatoms. The molecule has 2 aromatic rings. The van der Waals surface area contributed by atoms with E-state index in [0.717, 1.165) is 24.8 Å². The van der Waals surface area contributed by atoms with Gasteiger partial charge >= 0.3 is 11.9 Å². The fourth-order valence-corrected chi connectivity index (χ4v) is 2.43. The van der Waals surface area contributed by atoms with Crippen molar-refractivity contribution in [3.8, 4) is 0 Å². The number of aryl methyl sites for hydroxylation is 1. The lowest BCUT2D eigenvalue weighted by Gasteiger charge is -2.08. The van der Waals surface area contributed by atoms with Crippen molar-refractivity contribution in [3.05, 3.63) is 70.8 Å². The van der Waals surface area contributed by atoms with E-state index in [1.165, 1.54) is 12.1 Å². The van der Waals surface area contributed by atoms with Crippen LogP contribution in [-0.4, -0.2) is 34.6 Å². The van der Waals surface area contributed by atoms with Gasteiger partial charge in [-0.25, -0.2) is 9.59 Å². The standard InChI is InChI=1S/C19H19NO5/c21-17(15-6-1-2-7-16(15)19(24)25)20-12-4-3-5-13-8-10-14(11-9-13)18(22)23/h1-2,6-11H,3-5,12H2,(H,20,21)(H,22,23)(H,24,25). The van der Waals surface area contributed by atoms with E-state index < -0.39 is 17.8 Å². The number of carboxylic acid groups (broad SMARTS) is 2. The van der Waals surface area contributed by atoms with Gasteiger partial charge in [0.25, 0.3) is 5.91 Å². The molecule has 0 saturated carbocycles. The molecule has 2 aromatic carbocycles. The third-order valence-corrected chi connectivity index (χ3v) is 3.78. The maximum atomic E-state index is 12.1. The normalized spacial score (nSPS) is 10.2. The van der Waals surface area contributed by atoms with E-state index in [0.29, 0.717) is 6.54 Å². The lowest BCUT2D eigenvalue weighted by Crippen LogP contribution is -2.26. The minimum Gasteiger partial charge on any atom is -0.478 e. The van der Waals surface area contributed by atoms with Gasteiger partial charge < -0.3 is 15.5 Å². The number of carbonyl (C=O) groups excluding carboxylic acids is 1. The maximum Gasteiger partial charge on any atom is 0.336 e. The minimum absolute atomic E-state index is 0.0153. The Bertz CT molecular complexity index is 768. The summed E-state index contributed by atoms with van der Waals surface area (Å²) >= 11 is 0. The quantitative estimate of drug-likeness (QED) is 0.641. The highest BCUT2D eigenvalue weighted by Gasteiger charge is 2.14. The van der Waals surface area contributed by atoms with Crippen LogP contribution in [0, 0.1) is 0 Å². The summed E-state index contributed by atoms with van der Waals surface area (Å²) in [5.74, 6) is -2.48. The van der Waals surface area contributed by atoms with E-state index in [1.807, 2.05) is 0 Å². The Morgan fingerprint density at radius 1 is 0.800 bits per heavy atom. The Morgan fingerprint density at radius 2 is 1.44 bits per heavy atom. The van der Waals surface area contributed by atoms with E-state index in [4.69, 9.17) is 10.2 Å². The summed E-state index contributed by atoms with van der Waals surface area (Å²) in [6.45, 7) is 0.444. The van der Waals surface area contributed by atoms with Crippen LogP contribution >= 0.6 is 0 Å². The summed E-state index contributed by atoms with van der Waals surface area (Å²) in [7, 11) is 0. The van der Waals surface area contributed by atoms with Crippen LogP contribution in [0.15, 0.2) is 48.5 Å². The van der Waals surface area contributed by atoms with Crippen molar-refractivity contribution in [2.45, 2.75) is 19.3 Å². The average molecular weight is 341 g/mol. The summed E-state index contributed by atoms with van der Waals surface area (Å²) < 4.78 is 0. The van der Waals surface area contributed by atoms with Gasteiger partial charge in [0.1, 0.15) is 0 Å². The zero-order valence-corrected chi connectivity index (χ0v) is 13.6. The Labute approximate surface area is 145 Å². The Kier molecular flexibility index (Phi) is 6.28. The number of hydrogen-bond donors (Lipinski definition) is 3. The highest BCUT2D eigenvalue weighted by atomic mass is 16.4. The number of benzene rings is 2. The monoisotopic (exact) mass is 341 g/mol. The molecule has 0 atom stereocenters. The SMILES string of the molecule is O=C(O)c1ccc(CCCCNC(=O)c2ccccc2C(=O)O)cc1. The number of hydrogen-bond acceptors (Lipinski definition) is 3. The third-order valence-electron chi connectivity index (χ3n) is 3.78. The molecule has 0 bridgehead atoms. The van der Waals surface area contributed by atoms with Crippen LogP contribution < -0.4 is 5.32 Å². The second-order valence-electron chi connectivity index (χ2n) is 5.57. The van der Waals surface area contributed by atoms with Crippen LogP contribution in [0.1, 0.15) is 49.5 Å². The largest absolute Gasteiger partial charge is 0.478 e. The molecule has 0 saturated heterocycles. The van der Waals surface area contributed by atoms with Gasteiger partial charge in [0, 0.05) is 6.54 Å². The van der Waals surface area contributed by atoms with Gasteiger partial charge in [0.05, 0.1) is 16.7 Å². The molecule has 130 valence electrons. The van der Waals surface area contributed by atoms with Gasteiger partial charge in [0.2, 0.25) is 0 Å². The first-order valence-electron chi connectivity index (χ1n) is 7.92. The van der Waals surface area contributed by atoms with Gasteiger partial charge in [0.15, 0.2) is 0 Å². The highest BCUT2D eigenvalue weighted by Crippen LogP contribution is 2.10. The van der Waals surface area contributed by atoms with Gasteiger partial charge in [-0.3, -0.25) is 4.79 Å². The van der Waals surface area contributed by atoms with E-state index in [9.17, 15) is 14.4 Å². The van der Waals surface area contributed by atoms with Crippen LogP contribution in [0.5, 0.6) is 0 Å². The van der Waals surface area contributed by atoms with Crippen molar-refractivity contribution in [3.63, 3.8) is 0 Å². The molecule has 0 aliphatic rings. The van der Waals surface area contributed by atoms with E-state index in [2.05, 4.69) is 5.32 Å². The molecule has 0 unspecified atom stereocenters. The molecule has 25 heavy (non-hydrogen) atoms. The first kappa shape index (κ1) is 18.2. The second kappa shape index (κ2) is 8.63. The highest BCUT2D eigenvalue weighted by molar-refractivity contribution is 6.04. The first-order chi connectivity index (χ1) is 12.0. The Morgan fingerprint density at radius 3 is 2.04 bits per heavy atom. The van der Waals surface area contributed by atoms with Gasteiger partial charge in [-0.05, 0) is 49.1 Å². The first-order valence-corrected chi connectivity index (χ1v) is 7.92. The molecule has 0 radical (unpaired) electrons. The van der Waals surface area contributed by atoms with Gasteiger partial charge in [-0.15, -0.1) is 0 Å². The third kappa shape index (κ3) is 5.17. The molecule has 0 heterocycles. The van der Waals surface area contributed by atoms with Crippen LogP contribution in [0.25, 0.3) is 0 Å². The van der Waals surface area contributed by atoms with E-state index in [-0.39, 0.29) is 16.7 Å². The van der Waals surface area contributed by atoms with Crippen molar-refractivity contribution >= 4 is 17.8 Å². The fraction of sp³-hybridized carbons (Fsp3) is 0.211. The van der Waals surface area contributed by atoms with Crippen molar-refractivity contribution in [1.29, 1.82) is 0 Å². The number of nitrogens with one attached hydrogen (secondary N) is 1. The number of unbranched alkanes of at least 4 members (excludes halogenated alkanes) is 1. The molecule has 0 aromatic heterocycles. The molecule has 6 nitrogen and oxygen atoms in total. The van der Waals surface area contributed by atoms with Crippen LogP contribution in [0.2, 0.25) is 0 Å². The van der Waals surface area contributed by atoms with Crippen LogP contribution in [0.3, 0.4) is 0 Å². The zero-order chi connectivity index (χ0) is 18.2. The molecular weight excluding hydrogens is 322 g/mol. The molecule has 2 rings (SSSR count). The number of rotatable bonds is 8. The molecule has 1 amide bonds. The van der Waals surface area contributed by atoms with Crippen LogP contribution in [0.4, 0.5) is 0 Å². The maximum absolute atomic E-state index is 12.1. The average Bonchev–Trinajstić information content (AvgIpc) is 2.61. The molecule has 0 spiro atoms. The summed E-state index contributed by atoms with van der Waals surface area (Å²) in [5.41, 5.74) is 1.43.